The van der Waals surface area contributed by atoms with Gasteiger partial charge in [0.1, 0.15) is 11.6 Å². The first-order chi connectivity index (χ1) is 9.67. The van der Waals surface area contributed by atoms with E-state index in [1.807, 2.05) is 13.0 Å². The second-order valence-corrected chi connectivity index (χ2v) is 5.63. The van der Waals surface area contributed by atoms with Gasteiger partial charge in [0.25, 0.3) is 0 Å². The van der Waals surface area contributed by atoms with Crippen LogP contribution in [0.1, 0.15) is 43.5 Å². The van der Waals surface area contributed by atoms with Crippen molar-refractivity contribution in [2.45, 2.75) is 46.3 Å². The lowest BCUT2D eigenvalue weighted by Crippen LogP contribution is -2.23. The summed E-state index contributed by atoms with van der Waals surface area (Å²) in [6.45, 7) is 7.93. The van der Waals surface area contributed by atoms with Crippen LogP contribution < -0.4 is 5.32 Å². The van der Waals surface area contributed by atoms with Crippen molar-refractivity contribution in [2.24, 2.45) is 0 Å². The highest BCUT2D eigenvalue weighted by Gasteiger charge is 2.14. The van der Waals surface area contributed by atoms with Gasteiger partial charge in [0.15, 0.2) is 0 Å². The van der Waals surface area contributed by atoms with Gasteiger partial charge in [-0.3, -0.25) is 0 Å². The van der Waals surface area contributed by atoms with Crippen molar-refractivity contribution in [2.75, 3.05) is 0 Å². The number of aryl methyl sites for hydroxylation is 1. The lowest BCUT2D eigenvalue weighted by molar-refractivity contribution is 0.494. The Balaban J connectivity index is 2.10. The third-order valence-corrected chi connectivity index (χ3v) is 4.25. The highest BCUT2D eigenvalue weighted by atomic mass is 79.9. The van der Waals surface area contributed by atoms with E-state index >= 15 is 0 Å². The van der Waals surface area contributed by atoms with Crippen LogP contribution in [-0.2, 0) is 13.1 Å². The van der Waals surface area contributed by atoms with Crippen LogP contribution in [-0.4, -0.2) is 14.8 Å². The number of halogens is 1. The lowest BCUT2D eigenvalue weighted by atomic mass is 10.0. The molecule has 1 N–H and O–H groups in total. The normalized spacial score (nSPS) is 12.6. The average Bonchev–Trinajstić information content (AvgIpc) is 2.81. The summed E-state index contributed by atoms with van der Waals surface area (Å²) in [6.07, 6.45) is 1.03. The van der Waals surface area contributed by atoms with Crippen LogP contribution >= 0.6 is 15.9 Å². The van der Waals surface area contributed by atoms with Crippen molar-refractivity contribution in [3.05, 3.63) is 46.0 Å². The van der Waals surface area contributed by atoms with Crippen molar-refractivity contribution in [3.63, 3.8) is 0 Å². The predicted molar refractivity (Wildman–Crippen MR) is 84.4 cm³/mol. The maximum atomic E-state index is 4.25. The standard InChI is InChI=1S/C15H21BrN4/c1-4-14(12-8-6-7-9-13(12)16)17-10-15-19-18-11(3)20(15)5-2/h6-9,14,17H,4-5,10H2,1-3H3. The van der Waals surface area contributed by atoms with Crippen molar-refractivity contribution in [3.8, 4) is 0 Å². The number of rotatable bonds is 6. The van der Waals surface area contributed by atoms with Crippen LogP contribution in [0.3, 0.4) is 0 Å². The smallest absolute Gasteiger partial charge is 0.147 e. The van der Waals surface area contributed by atoms with Gasteiger partial charge in [-0.05, 0) is 31.9 Å². The first kappa shape index (κ1) is 15.2. The van der Waals surface area contributed by atoms with E-state index in [0.717, 1.165) is 35.6 Å². The maximum Gasteiger partial charge on any atom is 0.147 e. The Hall–Kier alpha value is -1.20. The van der Waals surface area contributed by atoms with E-state index in [9.17, 15) is 0 Å². The minimum Gasteiger partial charge on any atom is -0.314 e. The van der Waals surface area contributed by atoms with Gasteiger partial charge in [0.05, 0.1) is 6.54 Å². The summed E-state index contributed by atoms with van der Waals surface area (Å²) in [5.41, 5.74) is 1.29. The SMILES string of the molecule is CCC(NCc1nnc(C)n1CC)c1ccccc1Br. The maximum absolute atomic E-state index is 4.25. The number of hydrogen-bond acceptors (Lipinski definition) is 3. The Morgan fingerprint density at radius 3 is 2.65 bits per heavy atom. The number of aromatic nitrogens is 3. The molecule has 108 valence electrons. The zero-order valence-electron chi connectivity index (χ0n) is 12.2. The molecule has 0 saturated heterocycles. The Bertz CT molecular complexity index is 565. The molecule has 20 heavy (non-hydrogen) atoms. The van der Waals surface area contributed by atoms with Crippen LogP contribution in [0, 0.1) is 6.92 Å². The van der Waals surface area contributed by atoms with Gasteiger partial charge in [-0.1, -0.05) is 41.1 Å². The molecule has 5 heteroatoms. The second-order valence-electron chi connectivity index (χ2n) is 4.77. The topological polar surface area (TPSA) is 42.7 Å². The van der Waals surface area contributed by atoms with Crippen LogP contribution in [0.25, 0.3) is 0 Å². The molecular weight excluding hydrogens is 316 g/mol. The van der Waals surface area contributed by atoms with Gasteiger partial charge in [0, 0.05) is 17.1 Å². The number of nitrogens with zero attached hydrogens (tertiary/aromatic N) is 3. The molecule has 0 aliphatic carbocycles. The Morgan fingerprint density at radius 2 is 2.00 bits per heavy atom. The first-order valence-electron chi connectivity index (χ1n) is 7.03. The van der Waals surface area contributed by atoms with Crippen LogP contribution in [0.15, 0.2) is 28.7 Å². The van der Waals surface area contributed by atoms with Crippen molar-refractivity contribution in [1.29, 1.82) is 0 Å². The minimum atomic E-state index is 0.313. The van der Waals surface area contributed by atoms with Gasteiger partial charge < -0.3 is 9.88 Å². The fourth-order valence-electron chi connectivity index (χ4n) is 2.41. The molecule has 2 rings (SSSR count). The highest BCUT2D eigenvalue weighted by molar-refractivity contribution is 9.10. The summed E-state index contributed by atoms with van der Waals surface area (Å²) in [4.78, 5) is 0. The molecule has 0 aliphatic heterocycles. The monoisotopic (exact) mass is 336 g/mol. The summed E-state index contributed by atoms with van der Waals surface area (Å²) in [6, 6.07) is 8.66. The van der Waals surface area contributed by atoms with Crippen molar-refractivity contribution in [1.82, 2.24) is 20.1 Å². The molecule has 4 nitrogen and oxygen atoms in total. The molecule has 0 aliphatic rings. The predicted octanol–water partition coefficient (Wildman–Crippen LogP) is 3.61. The van der Waals surface area contributed by atoms with Gasteiger partial charge in [0.2, 0.25) is 0 Å². The van der Waals surface area contributed by atoms with E-state index in [1.54, 1.807) is 0 Å². The molecule has 1 aromatic carbocycles. The molecule has 0 bridgehead atoms. The largest absolute Gasteiger partial charge is 0.314 e. The van der Waals surface area contributed by atoms with Gasteiger partial charge in [-0.25, -0.2) is 0 Å². The van der Waals surface area contributed by atoms with Crippen LogP contribution in [0.5, 0.6) is 0 Å². The van der Waals surface area contributed by atoms with Gasteiger partial charge in [-0.15, -0.1) is 10.2 Å². The highest BCUT2D eigenvalue weighted by Crippen LogP contribution is 2.25. The first-order valence-corrected chi connectivity index (χ1v) is 7.83. The fourth-order valence-corrected chi connectivity index (χ4v) is 2.97. The van der Waals surface area contributed by atoms with Crippen molar-refractivity contribution >= 4 is 15.9 Å². The van der Waals surface area contributed by atoms with Crippen LogP contribution in [0.4, 0.5) is 0 Å². The quantitative estimate of drug-likeness (QED) is 0.876. The van der Waals surface area contributed by atoms with Gasteiger partial charge in [-0.2, -0.15) is 0 Å². The summed E-state index contributed by atoms with van der Waals surface area (Å²) < 4.78 is 3.28. The number of benzene rings is 1. The number of hydrogen-bond donors (Lipinski definition) is 1. The fraction of sp³-hybridized carbons (Fsp3) is 0.467. The molecule has 1 aromatic heterocycles. The average molecular weight is 337 g/mol. The Kier molecular flexibility index (Phi) is 5.31. The molecular formula is C15H21BrN4. The van der Waals surface area contributed by atoms with Crippen molar-refractivity contribution < 1.29 is 0 Å². The van der Waals surface area contributed by atoms with E-state index in [-0.39, 0.29) is 0 Å². The van der Waals surface area contributed by atoms with E-state index in [1.165, 1.54) is 5.56 Å². The summed E-state index contributed by atoms with van der Waals surface area (Å²) in [5.74, 6) is 1.97. The Morgan fingerprint density at radius 1 is 1.25 bits per heavy atom. The molecule has 1 heterocycles. The molecule has 1 unspecified atom stereocenters. The third kappa shape index (κ3) is 3.27. The summed E-state index contributed by atoms with van der Waals surface area (Å²) in [7, 11) is 0. The minimum absolute atomic E-state index is 0.313. The van der Waals surface area contributed by atoms with Gasteiger partial charge >= 0.3 is 0 Å². The zero-order valence-corrected chi connectivity index (χ0v) is 13.8. The molecule has 0 amide bonds. The van der Waals surface area contributed by atoms with E-state index in [4.69, 9.17) is 0 Å². The molecule has 1 atom stereocenters. The zero-order chi connectivity index (χ0) is 14.5. The summed E-state index contributed by atoms with van der Waals surface area (Å²) >= 11 is 3.62. The molecule has 0 spiro atoms. The molecule has 0 radical (unpaired) electrons. The summed E-state index contributed by atoms with van der Waals surface area (Å²) in [5, 5.41) is 12.0. The van der Waals surface area contributed by atoms with E-state index in [2.05, 4.69) is 68.1 Å². The number of nitrogens with one attached hydrogen (secondary N) is 1. The second kappa shape index (κ2) is 6.99. The van der Waals surface area contributed by atoms with E-state index in [0.29, 0.717) is 6.04 Å². The lowest BCUT2D eigenvalue weighted by Gasteiger charge is -2.18. The molecule has 2 aromatic rings. The molecule has 0 saturated carbocycles. The van der Waals surface area contributed by atoms with E-state index < -0.39 is 0 Å². The third-order valence-electron chi connectivity index (χ3n) is 3.52. The molecule has 0 fully saturated rings. The Labute approximate surface area is 128 Å². The van der Waals surface area contributed by atoms with Crippen LogP contribution in [0.2, 0.25) is 0 Å².